The fourth-order valence-electron chi connectivity index (χ4n) is 1.09. The van der Waals surface area contributed by atoms with Crippen LogP contribution in [0.4, 0.5) is 0 Å². The molecule has 0 fully saturated rings. The summed E-state index contributed by atoms with van der Waals surface area (Å²) >= 11 is 0. The van der Waals surface area contributed by atoms with Crippen LogP contribution < -0.4 is 0 Å². The van der Waals surface area contributed by atoms with Crippen LogP contribution >= 0.6 is 0 Å². The zero-order chi connectivity index (χ0) is 6.85. The molecule has 1 rings (SSSR count). The van der Waals surface area contributed by atoms with Crippen LogP contribution in [0.2, 0.25) is 0 Å². The van der Waals surface area contributed by atoms with Crippen LogP contribution in [0.25, 0.3) is 0 Å². The van der Waals surface area contributed by atoms with Gasteiger partial charge in [0.2, 0.25) is 0 Å². The molecule has 0 radical (unpaired) electrons. The summed E-state index contributed by atoms with van der Waals surface area (Å²) in [6.45, 7) is 3.96. The van der Waals surface area contributed by atoms with E-state index in [1.807, 2.05) is 13.8 Å². The molecule has 0 spiro atoms. The van der Waals surface area contributed by atoms with Gasteiger partial charge in [0.05, 0.1) is 6.10 Å². The number of aliphatic hydroxyl groups is 1. The Morgan fingerprint density at radius 2 is 2.44 bits per heavy atom. The Balaban J connectivity index is 2.56. The zero-order valence-electron chi connectivity index (χ0n) is 5.79. The van der Waals surface area contributed by atoms with E-state index in [1.165, 1.54) is 5.57 Å². The molecule has 0 amide bonds. The quantitative estimate of drug-likeness (QED) is 0.494. The van der Waals surface area contributed by atoms with Gasteiger partial charge in [-0.15, -0.1) is 0 Å². The minimum Gasteiger partial charge on any atom is -0.365 e. The molecule has 0 saturated carbocycles. The van der Waals surface area contributed by atoms with Crippen molar-refractivity contribution in [2.45, 2.75) is 32.7 Å². The second kappa shape index (κ2) is 2.50. The first-order valence-electron chi connectivity index (χ1n) is 3.19. The lowest BCUT2D eigenvalue weighted by molar-refractivity contribution is -0.106. The first-order chi connectivity index (χ1) is 4.18. The first kappa shape index (κ1) is 6.78. The highest BCUT2D eigenvalue weighted by atomic mass is 16.6. The topological polar surface area (TPSA) is 29.5 Å². The van der Waals surface area contributed by atoms with E-state index in [1.54, 1.807) is 6.08 Å². The van der Waals surface area contributed by atoms with Crippen LogP contribution in [0, 0.1) is 0 Å². The number of rotatable bonds is 0. The fourth-order valence-corrected chi connectivity index (χ4v) is 1.09. The third-order valence-electron chi connectivity index (χ3n) is 1.41. The number of hydrogen-bond donors (Lipinski definition) is 1. The van der Waals surface area contributed by atoms with Gasteiger partial charge in [0, 0.05) is 0 Å². The Labute approximate surface area is 55.1 Å². The Bertz CT molecular complexity index is 129. The van der Waals surface area contributed by atoms with E-state index in [0.29, 0.717) is 0 Å². The smallest absolute Gasteiger partial charge is 0.174 e. The lowest BCUT2D eigenvalue weighted by atomic mass is 10.1. The van der Waals surface area contributed by atoms with Crippen LogP contribution in [0.1, 0.15) is 20.3 Å². The predicted molar refractivity (Wildman–Crippen MR) is 34.9 cm³/mol. The molecule has 1 aliphatic heterocycles. The van der Waals surface area contributed by atoms with Crippen LogP contribution in [-0.2, 0) is 4.74 Å². The summed E-state index contributed by atoms with van der Waals surface area (Å²) in [5.41, 5.74) is 1.21. The SMILES string of the molecule is CC1=CC(O)OC(C)C1. The van der Waals surface area contributed by atoms with Crippen molar-refractivity contribution in [1.82, 2.24) is 0 Å². The van der Waals surface area contributed by atoms with E-state index < -0.39 is 6.29 Å². The molecule has 1 heterocycles. The molecule has 2 atom stereocenters. The molecule has 52 valence electrons. The standard InChI is InChI=1S/C7H12O2/c1-5-3-6(2)9-7(8)4-5/h4,6-8H,3H2,1-2H3. The number of ether oxygens (including phenoxy) is 1. The Morgan fingerprint density at radius 1 is 1.78 bits per heavy atom. The van der Waals surface area contributed by atoms with Gasteiger partial charge in [0.15, 0.2) is 6.29 Å². The van der Waals surface area contributed by atoms with Crippen LogP contribution in [0.3, 0.4) is 0 Å². The second-order valence-corrected chi connectivity index (χ2v) is 2.55. The van der Waals surface area contributed by atoms with E-state index >= 15 is 0 Å². The van der Waals surface area contributed by atoms with Gasteiger partial charge in [0.1, 0.15) is 0 Å². The van der Waals surface area contributed by atoms with Crippen molar-refractivity contribution in [3.63, 3.8) is 0 Å². The number of aliphatic hydroxyl groups excluding tert-OH is 1. The van der Waals surface area contributed by atoms with Crippen molar-refractivity contribution in [2.75, 3.05) is 0 Å². The summed E-state index contributed by atoms with van der Waals surface area (Å²) in [7, 11) is 0. The second-order valence-electron chi connectivity index (χ2n) is 2.55. The van der Waals surface area contributed by atoms with Crippen molar-refractivity contribution < 1.29 is 9.84 Å². The summed E-state index contributed by atoms with van der Waals surface area (Å²) in [6.07, 6.45) is 2.18. The minimum atomic E-state index is -0.672. The lowest BCUT2D eigenvalue weighted by Crippen LogP contribution is -2.22. The molecule has 0 aromatic rings. The predicted octanol–water partition coefficient (Wildman–Crippen LogP) is 1.06. The molecule has 2 unspecified atom stereocenters. The lowest BCUT2D eigenvalue weighted by Gasteiger charge is -2.21. The van der Waals surface area contributed by atoms with Crippen molar-refractivity contribution in [1.29, 1.82) is 0 Å². The highest BCUT2D eigenvalue weighted by molar-refractivity contribution is 5.03. The van der Waals surface area contributed by atoms with Gasteiger partial charge in [-0.25, -0.2) is 0 Å². The van der Waals surface area contributed by atoms with Gasteiger partial charge in [-0.1, -0.05) is 5.57 Å². The number of hydrogen-bond acceptors (Lipinski definition) is 2. The minimum absolute atomic E-state index is 0.171. The average molecular weight is 128 g/mol. The van der Waals surface area contributed by atoms with Gasteiger partial charge in [-0.05, 0) is 26.3 Å². The third-order valence-corrected chi connectivity index (χ3v) is 1.41. The summed E-state index contributed by atoms with van der Waals surface area (Å²) in [4.78, 5) is 0. The van der Waals surface area contributed by atoms with Crippen LogP contribution in [-0.4, -0.2) is 17.5 Å². The largest absolute Gasteiger partial charge is 0.365 e. The summed E-state index contributed by atoms with van der Waals surface area (Å²) < 4.78 is 5.04. The normalized spacial score (nSPS) is 36.1. The van der Waals surface area contributed by atoms with Crippen molar-refractivity contribution >= 4 is 0 Å². The zero-order valence-corrected chi connectivity index (χ0v) is 5.79. The Morgan fingerprint density at radius 3 is 2.89 bits per heavy atom. The molecule has 0 aliphatic carbocycles. The van der Waals surface area contributed by atoms with Gasteiger partial charge in [-0.3, -0.25) is 0 Å². The Kier molecular flexibility index (Phi) is 1.88. The summed E-state index contributed by atoms with van der Waals surface area (Å²) in [5.74, 6) is 0. The molecule has 2 nitrogen and oxygen atoms in total. The fraction of sp³-hybridized carbons (Fsp3) is 0.714. The van der Waals surface area contributed by atoms with E-state index in [4.69, 9.17) is 9.84 Å². The van der Waals surface area contributed by atoms with Gasteiger partial charge >= 0.3 is 0 Å². The van der Waals surface area contributed by atoms with Crippen molar-refractivity contribution in [3.8, 4) is 0 Å². The van der Waals surface area contributed by atoms with E-state index in [2.05, 4.69) is 0 Å². The highest BCUT2D eigenvalue weighted by Gasteiger charge is 2.13. The molecule has 0 aromatic heterocycles. The molecule has 1 aliphatic rings. The van der Waals surface area contributed by atoms with Gasteiger partial charge < -0.3 is 9.84 Å². The maximum atomic E-state index is 8.95. The molecule has 9 heavy (non-hydrogen) atoms. The monoisotopic (exact) mass is 128 g/mol. The molecular formula is C7H12O2. The van der Waals surface area contributed by atoms with E-state index in [0.717, 1.165) is 6.42 Å². The molecule has 0 bridgehead atoms. The molecular weight excluding hydrogens is 116 g/mol. The molecule has 2 heteroatoms. The first-order valence-corrected chi connectivity index (χ1v) is 3.19. The highest BCUT2D eigenvalue weighted by Crippen LogP contribution is 2.15. The summed E-state index contributed by atoms with van der Waals surface area (Å²) in [5, 5.41) is 8.95. The van der Waals surface area contributed by atoms with E-state index in [9.17, 15) is 0 Å². The average Bonchev–Trinajstić information content (AvgIpc) is 1.59. The van der Waals surface area contributed by atoms with E-state index in [-0.39, 0.29) is 6.10 Å². The molecule has 1 N–H and O–H groups in total. The van der Waals surface area contributed by atoms with Gasteiger partial charge in [0.25, 0.3) is 0 Å². The van der Waals surface area contributed by atoms with Crippen LogP contribution in [0.5, 0.6) is 0 Å². The van der Waals surface area contributed by atoms with Crippen molar-refractivity contribution in [2.24, 2.45) is 0 Å². The Hall–Kier alpha value is -0.340. The maximum Gasteiger partial charge on any atom is 0.174 e. The van der Waals surface area contributed by atoms with Crippen LogP contribution in [0.15, 0.2) is 11.6 Å². The molecule has 0 saturated heterocycles. The van der Waals surface area contributed by atoms with Crippen molar-refractivity contribution in [3.05, 3.63) is 11.6 Å². The maximum absolute atomic E-state index is 8.95. The van der Waals surface area contributed by atoms with Gasteiger partial charge in [-0.2, -0.15) is 0 Å². The summed E-state index contributed by atoms with van der Waals surface area (Å²) in [6, 6.07) is 0. The third kappa shape index (κ3) is 1.80. The molecule has 0 aromatic carbocycles.